The van der Waals surface area contributed by atoms with E-state index in [-0.39, 0.29) is 6.10 Å². The minimum absolute atomic E-state index is 0.108. The van der Waals surface area contributed by atoms with Crippen molar-refractivity contribution in [1.82, 2.24) is 9.97 Å². The van der Waals surface area contributed by atoms with Gasteiger partial charge in [0.2, 0.25) is 0 Å². The van der Waals surface area contributed by atoms with Crippen LogP contribution in [0.1, 0.15) is 33.1 Å². The average molecular weight is 499 g/mol. The lowest BCUT2D eigenvalue weighted by Crippen LogP contribution is -2.36. The molecule has 1 N–H and O–H groups in total. The third-order valence-electron chi connectivity index (χ3n) is 6.98. The quantitative estimate of drug-likeness (QED) is 0.257. The van der Waals surface area contributed by atoms with Crippen molar-refractivity contribution in [3.63, 3.8) is 0 Å². The van der Waals surface area contributed by atoms with Crippen LogP contribution in [-0.4, -0.2) is 43.4 Å². The maximum Gasteiger partial charge on any atom is 0.162 e. The lowest BCUT2D eigenvalue weighted by atomic mass is 10.0. The summed E-state index contributed by atoms with van der Waals surface area (Å²) in [5.41, 5.74) is 5.11. The number of nitrogens with one attached hydrogen (secondary N) is 1. The molecule has 0 aliphatic carbocycles. The van der Waals surface area contributed by atoms with Crippen LogP contribution in [0.3, 0.4) is 0 Å². The lowest BCUT2D eigenvalue weighted by molar-refractivity contribution is 0.185. The van der Waals surface area contributed by atoms with Gasteiger partial charge in [-0.3, -0.25) is 0 Å². The van der Waals surface area contributed by atoms with E-state index in [9.17, 15) is 0 Å². The average Bonchev–Trinajstić information content (AvgIpc) is 2.90. The Bertz CT molecular complexity index is 1380. The highest BCUT2D eigenvalue weighted by Gasteiger charge is 2.17. The number of nitrogens with zero attached hydrogens (tertiary/aromatic N) is 3. The van der Waals surface area contributed by atoms with Crippen molar-refractivity contribution in [2.45, 2.75) is 39.2 Å². The van der Waals surface area contributed by atoms with Crippen LogP contribution in [0, 0.1) is 0 Å². The van der Waals surface area contributed by atoms with Crippen molar-refractivity contribution < 1.29 is 14.2 Å². The van der Waals surface area contributed by atoms with Crippen LogP contribution in [0.2, 0.25) is 0 Å². The van der Waals surface area contributed by atoms with Crippen molar-refractivity contribution >= 4 is 28.1 Å². The Hall–Kier alpha value is -4.00. The van der Waals surface area contributed by atoms with Crippen LogP contribution in [-0.2, 0) is 0 Å². The van der Waals surface area contributed by atoms with Crippen molar-refractivity contribution in [3.05, 3.63) is 60.9 Å². The molecule has 0 bridgehead atoms. The molecule has 2 heterocycles. The highest BCUT2D eigenvalue weighted by molar-refractivity contribution is 5.94. The van der Waals surface area contributed by atoms with Crippen molar-refractivity contribution in [1.29, 1.82) is 0 Å². The minimum Gasteiger partial charge on any atom is -0.495 e. The van der Waals surface area contributed by atoms with Crippen LogP contribution < -0.4 is 24.4 Å². The first kappa shape index (κ1) is 24.7. The van der Waals surface area contributed by atoms with E-state index in [2.05, 4.69) is 70.4 Å². The Labute approximate surface area is 218 Å². The van der Waals surface area contributed by atoms with Gasteiger partial charge in [0, 0.05) is 30.2 Å². The molecule has 1 aliphatic heterocycles. The monoisotopic (exact) mass is 498 g/mol. The summed E-state index contributed by atoms with van der Waals surface area (Å²) in [5.74, 6) is 2.75. The van der Waals surface area contributed by atoms with Crippen LogP contribution in [0.4, 0.5) is 17.2 Å². The molecule has 1 aliphatic rings. The fourth-order valence-electron chi connectivity index (χ4n) is 4.62. The summed E-state index contributed by atoms with van der Waals surface area (Å²) in [7, 11) is 3.32. The molecule has 0 atom stereocenters. The smallest absolute Gasteiger partial charge is 0.162 e. The topological polar surface area (TPSA) is 68.7 Å². The predicted molar refractivity (Wildman–Crippen MR) is 150 cm³/mol. The van der Waals surface area contributed by atoms with Crippen LogP contribution >= 0.6 is 0 Å². The maximum atomic E-state index is 6.28. The molecule has 4 aromatic rings. The molecule has 0 spiro atoms. The summed E-state index contributed by atoms with van der Waals surface area (Å²) < 4.78 is 17.6. The second kappa shape index (κ2) is 10.9. The van der Waals surface area contributed by atoms with Gasteiger partial charge in [0.05, 0.1) is 31.5 Å². The lowest BCUT2D eigenvalue weighted by Gasteiger charge is -2.33. The van der Waals surface area contributed by atoms with E-state index in [0.717, 1.165) is 59.4 Å². The Morgan fingerprint density at radius 3 is 2.35 bits per heavy atom. The van der Waals surface area contributed by atoms with Crippen LogP contribution in [0.15, 0.2) is 60.9 Å². The van der Waals surface area contributed by atoms with Gasteiger partial charge in [-0.05, 0) is 60.7 Å². The first-order chi connectivity index (χ1) is 18.1. The normalized spacial score (nSPS) is 12.9. The second-order valence-electron chi connectivity index (χ2n) is 9.23. The standard InChI is InChI=1S/C30H34N4O3/c1-5-23(6-2)37-29-17-24-25(18-28(29)36-4)31-19-32-30(24)33-26-16-21(11-12-27(26)35-3)20-9-7-10-22(15-20)34-13-8-14-34/h7,9-12,15-19,23H,5-6,8,13-14H2,1-4H3,(H,31,32,33). The van der Waals surface area contributed by atoms with E-state index < -0.39 is 0 Å². The molecular weight excluding hydrogens is 464 g/mol. The Morgan fingerprint density at radius 1 is 0.865 bits per heavy atom. The second-order valence-corrected chi connectivity index (χ2v) is 9.23. The largest absolute Gasteiger partial charge is 0.495 e. The van der Waals surface area contributed by atoms with Crippen molar-refractivity contribution in [2.75, 3.05) is 37.5 Å². The number of benzene rings is 3. The summed E-state index contributed by atoms with van der Waals surface area (Å²) in [6.45, 7) is 6.48. The Morgan fingerprint density at radius 2 is 1.65 bits per heavy atom. The zero-order valence-corrected chi connectivity index (χ0v) is 22.0. The predicted octanol–water partition coefficient (Wildman–Crippen LogP) is 6.84. The molecule has 7 nitrogen and oxygen atoms in total. The molecule has 0 radical (unpaired) electrons. The van der Waals surface area contributed by atoms with E-state index in [0.29, 0.717) is 17.3 Å². The van der Waals surface area contributed by atoms with Crippen molar-refractivity contribution in [2.24, 2.45) is 0 Å². The van der Waals surface area contributed by atoms with Gasteiger partial charge < -0.3 is 24.4 Å². The molecule has 0 amide bonds. The first-order valence-electron chi connectivity index (χ1n) is 12.9. The number of methoxy groups -OCH3 is 2. The molecule has 1 fully saturated rings. The van der Waals surface area contributed by atoms with Gasteiger partial charge in [-0.15, -0.1) is 0 Å². The van der Waals surface area contributed by atoms with Gasteiger partial charge in [0.1, 0.15) is 17.9 Å². The zero-order chi connectivity index (χ0) is 25.8. The summed E-state index contributed by atoms with van der Waals surface area (Å²) in [5, 5.41) is 4.34. The molecule has 192 valence electrons. The molecule has 1 aromatic heterocycles. The van der Waals surface area contributed by atoms with E-state index in [1.54, 1.807) is 20.5 Å². The molecule has 0 saturated carbocycles. The maximum absolute atomic E-state index is 6.28. The van der Waals surface area contributed by atoms with E-state index in [4.69, 9.17) is 14.2 Å². The van der Waals surface area contributed by atoms with Gasteiger partial charge in [0.25, 0.3) is 0 Å². The summed E-state index contributed by atoms with van der Waals surface area (Å²) >= 11 is 0. The number of anilines is 3. The number of fused-ring (bicyclic) bond motifs is 1. The third-order valence-corrected chi connectivity index (χ3v) is 6.98. The number of ether oxygens (including phenoxy) is 3. The minimum atomic E-state index is 0.108. The summed E-state index contributed by atoms with van der Waals surface area (Å²) in [4.78, 5) is 11.4. The molecule has 37 heavy (non-hydrogen) atoms. The molecule has 0 unspecified atom stereocenters. The summed E-state index contributed by atoms with van der Waals surface area (Å²) in [6, 6.07) is 18.7. The molecule has 5 rings (SSSR count). The number of rotatable bonds is 10. The third kappa shape index (κ3) is 5.12. The number of hydrogen-bond acceptors (Lipinski definition) is 7. The van der Waals surface area contributed by atoms with Crippen LogP contribution in [0.5, 0.6) is 17.2 Å². The zero-order valence-electron chi connectivity index (χ0n) is 22.0. The van der Waals surface area contributed by atoms with Gasteiger partial charge in [0.15, 0.2) is 11.5 Å². The molecule has 3 aromatic carbocycles. The van der Waals surface area contributed by atoms with Crippen molar-refractivity contribution in [3.8, 4) is 28.4 Å². The Kier molecular flexibility index (Phi) is 7.30. The SMILES string of the molecule is CCC(CC)Oc1cc2c(Nc3cc(-c4cccc(N5CCC5)c4)ccc3OC)ncnc2cc1OC. The van der Waals surface area contributed by atoms with Gasteiger partial charge in [-0.25, -0.2) is 9.97 Å². The highest BCUT2D eigenvalue weighted by Crippen LogP contribution is 2.38. The van der Waals surface area contributed by atoms with Gasteiger partial charge >= 0.3 is 0 Å². The fraction of sp³-hybridized carbons (Fsp3) is 0.333. The highest BCUT2D eigenvalue weighted by atomic mass is 16.5. The van der Waals surface area contributed by atoms with E-state index in [1.165, 1.54) is 12.1 Å². The molecule has 7 heteroatoms. The Balaban J connectivity index is 1.52. The molecule has 1 saturated heterocycles. The first-order valence-corrected chi connectivity index (χ1v) is 12.9. The van der Waals surface area contributed by atoms with E-state index in [1.807, 2.05) is 18.2 Å². The van der Waals surface area contributed by atoms with Gasteiger partial charge in [-0.2, -0.15) is 0 Å². The molecular formula is C30H34N4O3. The number of aromatic nitrogens is 2. The number of hydrogen-bond donors (Lipinski definition) is 1. The van der Waals surface area contributed by atoms with Crippen LogP contribution in [0.25, 0.3) is 22.0 Å². The summed E-state index contributed by atoms with van der Waals surface area (Å²) in [6.07, 6.45) is 4.74. The van der Waals surface area contributed by atoms with Gasteiger partial charge in [-0.1, -0.05) is 32.0 Å². The fourth-order valence-corrected chi connectivity index (χ4v) is 4.62. The van der Waals surface area contributed by atoms with E-state index >= 15 is 0 Å².